The number of ether oxygens (including phenoxy) is 4. The van der Waals surface area contributed by atoms with Gasteiger partial charge < -0.3 is 18.9 Å². The molecule has 0 spiro atoms. The van der Waals surface area contributed by atoms with Gasteiger partial charge in [0.25, 0.3) is 0 Å². The maximum Gasteiger partial charge on any atom is 0.303 e. The molecule has 4 saturated carbocycles. The second kappa shape index (κ2) is 10.9. The second-order valence-corrected chi connectivity index (χ2v) is 18.3. The van der Waals surface area contributed by atoms with E-state index in [1.807, 2.05) is 6.07 Å². The monoisotopic (exact) mass is 646 g/mol. The fourth-order valence-corrected chi connectivity index (χ4v) is 12.8. The average molecular weight is 647 g/mol. The zero-order valence-electron chi connectivity index (χ0n) is 30.3. The first-order chi connectivity index (χ1) is 22.0. The number of hydrogen-bond acceptors (Lipinski definition) is 6. The van der Waals surface area contributed by atoms with Crippen LogP contribution in [0.2, 0.25) is 0 Å². The van der Waals surface area contributed by atoms with Crippen LogP contribution in [0.25, 0.3) is 0 Å². The van der Waals surface area contributed by atoms with Crippen molar-refractivity contribution in [2.75, 3.05) is 6.61 Å². The summed E-state index contributed by atoms with van der Waals surface area (Å²) in [5, 5.41) is 0. The zero-order chi connectivity index (χ0) is 33.8. The van der Waals surface area contributed by atoms with E-state index < -0.39 is 12.2 Å². The van der Waals surface area contributed by atoms with Crippen LogP contribution in [0.3, 0.4) is 0 Å². The molecule has 0 aromatic heterocycles. The Hall–Kier alpha value is -2.18. The van der Waals surface area contributed by atoms with Gasteiger partial charge in [0.1, 0.15) is 12.2 Å². The van der Waals surface area contributed by atoms with Gasteiger partial charge in [-0.25, -0.2) is 0 Å². The maximum atomic E-state index is 12.5. The molecule has 258 valence electrons. The number of allylic oxidation sites excluding steroid dienone is 2. The first kappa shape index (κ1) is 33.3. The van der Waals surface area contributed by atoms with Crippen LogP contribution in [0.15, 0.2) is 42.0 Å². The molecule has 1 aliphatic heterocycles. The molecule has 0 radical (unpaired) electrons. The van der Waals surface area contributed by atoms with E-state index in [-0.39, 0.29) is 62.7 Å². The van der Waals surface area contributed by atoms with Crippen LogP contribution in [0.5, 0.6) is 0 Å². The van der Waals surface area contributed by atoms with Gasteiger partial charge in [-0.3, -0.25) is 9.59 Å². The minimum atomic E-state index is -0.469. The van der Waals surface area contributed by atoms with Crippen molar-refractivity contribution in [2.45, 2.75) is 138 Å². The quantitative estimate of drug-likeness (QED) is 0.241. The summed E-state index contributed by atoms with van der Waals surface area (Å²) in [5.41, 5.74) is 2.46. The van der Waals surface area contributed by atoms with Crippen LogP contribution in [0, 0.1) is 50.2 Å². The summed E-state index contributed by atoms with van der Waals surface area (Å²) in [6.07, 6.45) is 10.3. The van der Waals surface area contributed by atoms with Crippen LogP contribution >= 0.6 is 0 Å². The largest absolute Gasteiger partial charge is 0.458 e. The van der Waals surface area contributed by atoms with Crippen molar-refractivity contribution in [2.24, 2.45) is 50.2 Å². The maximum absolute atomic E-state index is 12.5. The van der Waals surface area contributed by atoms with E-state index >= 15 is 0 Å². The highest BCUT2D eigenvalue weighted by atomic mass is 16.7. The number of rotatable bonds is 3. The fourth-order valence-electron chi connectivity index (χ4n) is 12.8. The predicted molar refractivity (Wildman–Crippen MR) is 181 cm³/mol. The lowest BCUT2D eigenvalue weighted by Crippen LogP contribution is -2.68. The summed E-state index contributed by atoms with van der Waals surface area (Å²) in [6.45, 7) is 20.7. The third-order valence-electron chi connectivity index (χ3n) is 15.5. The van der Waals surface area contributed by atoms with Crippen molar-refractivity contribution in [1.29, 1.82) is 0 Å². The molecule has 6 heteroatoms. The van der Waals surface area contributed by atoms with E-state index in [1.165, 1.54) is 33.1 Å². The number of hydrogen-bond donors (Lipinski definition) is 0. The van der Waals surface area contributed by atoms with E-state index in [0.717, 1.165) is 44.3 Å². The highest BCUT2D eigenvalue weighted by molar-refractivity contribution is 5.67. The highest BCUT2D eigenvalue weighted by Crippen LogP contribution is 2.76. The van der Waals surface area contributed by atoms with E-state index in [2.05, 4.69) is 78.8 Å². The number of fused-ring (bicyclic) bond motifs is 9. The van der Waals surface area contributed by atoms with Crippen molar-refractivity contribution in [1.82, 2.24) is 0 Å². The van der Waals surface area contributed by atoms with Gasteiger partial charge >= 0.3 is 11.9 Å². The van der Waals surface area contributed by atoms with Crippen molar-refractivity contribution >= 4 is 11.9 Å². The Morgan fingerprint density at radius 1 is 0.766 bits per heavy atom. The summed E-state index contributed by atoms with van der Waals surface area (Å²) in [4.78, 5) is 24.9. The van der Waals surface area contributed by atoms with E-state index in [0.29, 0.717) is 11.8 Å². The number of carbonyl (C=O) groups is 2. The van der Waals surface area contributed by atoms with Gasteiger partial charge in [-0.1, -0.05) is 90.4 Å². The summed E-state index contributed by atoms with van der Waals surface area (Å²) in [5.74, 6) is 0.768. The van der Waals surface area contributed by atoms with Crippen molar-refractivity contribution in [3.05, 3.63) is 47.5 Å². The van der Waals surface area contributed by atoms with Crippen molar-refractivity contribution in [3.63, 3.8) is 0 Å². The Bertz CT molecular complexity index is 1450. The summed E-state index contributed by atoms with van der Waals surface area (Å²) >= 11 is 0. The van der Waals surface area contributed by atoms with Gasteiger partial charge in [0.2, 0.25) is 0 Å². The summed E-state index contributed by atoms with van der Waals surface area (Å²) < 4.78 is 25.5. The molecule has 47 heavy (non-hydrogen) atoms. The van der Waals surface area contributed by atoms with Crippen LogP contribution in [-0.4, -0.2) is 36.9 Å². The molecule has 5 fully saturated rings. The summed E-state index contributed by atoms with van der Waals surface area (Å²) in [6, 6.07) is 10.4. The number of carbonyl (C=O) groups excluding carboxylic acids is 2. The molecular formula is C41H58O6. The third kappa shape index (κ3) is 4.69. The molecule has 12 atom stereocenters. The summed E-state index contributed by atoms with van der Waals surface area (Å²) in [7, 11) is 0. The Balaban J connectivity index is 1.21. The Morgan fingerprint density at radius 2 is 1.45 bits per heavy atom. The third-order valence-corrected chi connectivity index (χ3v) is 15.5. The Labute approximate surface area is 282 Å². The van der Waals surface area contributed by atoms with Crippen molar-refractivity contribution in [3.8, 4) is 0 Å². The molecule has 1 saturated heterocycles. The molecule has 6 aliphatic rings. The molecule has 0 amide bonds. The average Bonchev–Trinajstić information content (AvgIpc) is 3.00. The molecule has 1 aromatic carbocycles. The molecule has 1 aromatic rings. The minimum absolute atomic E-state index is 0.00792. The van der Waals surface area contributed by atoms with Crippen molar-refractivity contribution < 1.29 is 28.5 Å². The molecule has 7 rings (SSSR count). The topological polar surface area (TPSA) is 71.1 Å². The van der Waals surface area contributed by atoms with Crippen LogP contribution in [0.4, 0.5) is 0 Å². The van der Waals surface area contributed by atoms with Crippen LogP contribution in [-0.2, 0) is 28.5 Å². The lowest BCUT2D eigenvalue weighted by atomic mass is 9.33. The fraction of sp³-hybridized carbons (Fsp3) is 0.756. The molecule has 0 bridgehead atoms. The second-order valence-electron chi connectivity index (χ2n) is 18.3. The molecule has 3 unspecified atom stereocenters. The van der Waals surface area contributed by atoms with Gasteiger partial charge in [0.05, 0.1) is 12.7 Å². The van der Waals surface area contributed by atoms with Crippen LogP contribution in [0.1, 0.15) is 126 Å². The minimum Gasteiger partial charge on any atom is -0.458 e. The Kier molecular flexibility index (Phi) is 7.73. The molecule has 1 heterocycles. The number of benzene rings is 1. The SMILES string of the molecule is CC(=O)O[C@@H]1[C@H](OC(C)=O)C(C)(C)C[C@@H]2C3=CC[C@@H]4[C@@]5(C)CCC6OC(c7ccccc7)OC[C@@]6(C)C5CC[C@@]4(C)[C@]3(C)CC[C@]21C. The van der Waals surface area contributed by atoms with Crippen LogP contribution < -0.4 is 0 Å². The first-order valence-electron chi connectivity index (χ1n) is 18.4. The molecule has 5 aliphatic carbocycles. The van der Waals surface area contributed by atoms with E-state index in [9.17, 15) is 9.59 Å². The van der Waals surface area contributed by atoms with E-state index in [1.54, 1.807) is 5.57 Å². The zero-order valence-corrected chi connectivity index (χ0v) is 30.3. The van der Waals surface area contributed by atoms with Gasteiger partial charge in [-0.05, 0) is 85.4 Å². The normalized spacial score (nSPS) is 48.3. The van der Waals surface area contributed by atoms with Gasteiger partial charge in [0, 0.05) is 35.7 Å². The first-order valence-corrected chi connectivity index (χ1v) is 18.4. The van der Waals surface area contributed by atoms with Gasteiger partial charge in [-0.2, -0.15) is 0 Å². The highest BCUT2D eigenvalue weighted by Gasteiger charge is 2.71. The number of esters is 2. The molecule has 0 N–H and O–H groups in total. The lowest BCUT2D eigenvalue weighted by molar-refractivity contribution is -0.318. The lowest BCUT2D eigenvalue weighted by Gasteiger charge is -2.72. The standard InChI is InChI=1S/C41H58O6/c1-25(42)45-33-34(46-26(2)43)37(5)21-22-40(8)28(29(37)23-36(33,3)4)15-16-31-38(6)19-18-32-39(7,30(38)17-20-41(31,40)9)24-44-35(47-32)27-13-11-10-12-14-27/h10-15,29-35H,16-24H2,1-9H3/t29-,30?,31-,32?,33+,34-,35?,37-,38+,39+,40-,41-/m1/s1. The van der Waals surface area contributed by atoms with E-state index in [4.69, 9.17) is 18.9 Å². The predicted octanol–water partition coefficient (Wildman–Crippen LogP) is 8.99. The molecule has 6 nitrogen and oxygen atoms in total. The smallest absolute Gasteiger partial charge is 0.303 e. The van der Waals surface area contributed by atoms with Gasteiger partial charge in [-0.15, -0.1) is 0 Å². The van der Waals surface area contributed by atoms with Gasteiger partial charge in [0.15, 0.2) is 6.29 Å². The Morgan fingerprint density at radius 3 is 2.13 bits per heavy atom. The molecular weight excluding hydrogens is 588 g/mol.